The van der Waals surface area contributed by atoms with Gasteiger partial charge < -0.3 is 5.32 Å². The van der Waals surface area contributed by atoms with Crippen LogP contribution >= 0.6 is 12.2 Å². The lowest BCUT2D eigenvalue weighted by molar-refractivity contribution is -0.173. The molecule has 2 unspecified atom stereocenters. The predicted molar refractivity (Wildman–Crippen MR) is 97.5 cm³/mol. The van der Waals surface area contributed by atoms with Gasteiger partial charge in [0, 0.05) is 6.04 Å². The number of aryl methyl sites for hydroxylation is 1. The zero-order chi connectivity index (χ0) is 19.3. The van der Waals surface area contributed by atoms with Crippen molar-refractivity contribution in [2.75, 3.05) is 5.32 Å². The first-order chi connectivity index (χ1) is 12.8. The average molecular weight is 394 g/mol. The maximum atomic E-state index is 13.5. The Morgan fingerprint density at radius 1 is 1.26 bits per heavy atom. The third-order valence-electron chi connectivity index (χ3n) is 4.70. The van der Waals surface area contributed by atoms with Crippen LogP contribution in [-0.2, 0) is 0 Å². The molecule has 1 aliphatic heterocycles. The molecule has 0 bridgehead atoms. The summed E-state index contributed by atoms with van der Waals surface area (Å²) in [5.41, 5.74) is 2.24. The molecule has 0 saturated carbocycles. The van der Waals surface area contributed by atoms with Gasteiger partial charge >= 0.3 is 6.18 Å². The SMILES string of the molecule is Cc1ccccc1-n1c(-c2cnn3c2NC(C)CC3C(F)(F)F)n[nH]c1=S. The molecule has 0 fully saturated rings. The molecule has 27 heavy (non-hydrogen) atoms. The fourth-order valence-corrected chi connectivity index (χ4v) is 3.65. The summed E-state index contributed by atoms with van der Waals surface area (Å²) in [6.45, 7) is 3.65. The molecule has 1 aliphatic rings. The van der Waals surface area contributed by atoms with E-state index in [9.17, 15) is 13.2 Å². The molecular formula is C17H17F3N6S. The minimum absolute atomic E-state index is 0.0811. The van der Waals surface area contributed by atoms with E-state index in [-0.39, 0.29) is 12.5 Å². The van der Waals surface area contributed by atoms with Crippen molar-refractivity contribution in [2.24, 2.45) is 0 Å². The van der Waals surface area contributed by atoms with E-state index in [4.69, 9.17) is 12.2 Å². The summed E-state index contributed by atoms with van der Waals surface area (Å²) in [5, 5.41) is 14.1. The minimum Gasteiger partial charge on any atom is -0.367 e. The van der Waals surface area contributed by atoms with Gasteiger partial charge in [0.05, 0.1) is 17.4 Å². The summed E-state index contributed by atoms with van der Waals surface area (Å²) in [6.07, 6.45) is -3.06. The molecule has 4 rings (SSSR count). The first kappa shape index (κ1) is 17.8. The van der Waals surface area contributed by atoms with Crippen molar-refractivity contribution >= 4 is 18.0 Å². The molecule has 0 spiro atoms. The Labute approximate surface area is 158 Å². The number of H-pyrrole nitrogens is 1. The highest BCUT2D eigenvalue weighted by Crippen LogP contribution is 2.42. The van der Waals surface area contributed by atoms with Gasteiger partial charge in [-0.05, 0) is 44.1 Å². The average Bonchev–Trinajstić information content (AvgIpc) is 3.17. The van der Waals surface area contributed by atoms with Gasteiger partial charge in [-0.1, -0.05) is 18.2 Å². The first-order valence-corrected chi connectivity index (χ1v) is 8.82. The van der Waals surface area contributed by atoms with Crippen LogP contribution < -0.4 is 5.32 Å². The van der Waals surface area contributed by atoms with Crippen LogP contribution in [0.5, 0.6) is 0 Å². The van der Waals surface area contributed by atoms with Gasteiger partial charge in [0.25, 0.3) is 0 Å². The van der Waals surface area contributed by atoms with Crippen LogP contribution in [0.3, 0.4) is 0 Å². The normalized spacial score (nSPS) is 19.6. The van der Waals surface area contributed by atoms with Crippen molar-refractivity contribution in [3.8, 4) is 17.1 Å². The van der Waals surface area contributed by atoms with Crippen molar-refractivity contribution < 1.29 is 13.2 Å². The summed E-state index contributed by atoms with van der Waals surface area (Å²) in [4.78, 5) is 0. The standard InChI is InChI=1S/C17H17F3N6S/c1-9-5-3-4-6-12(9)25-15(23-24-16(25)27)11-8-21-26-13(17(18,19)20)7-10(2)22-14(11)26/h3-6,8,10,13,22H,7H2,1-2H3,(H,24,27). The molecule has 0 aliphatic carbocycles. The van der Waals surface area contributed by atoms with Gasteiger partial charge in [-0.25, -0.2) is 4.68 Å². The lowest BCUT2D eigenvalue weighted by Crippen LogP contribution is -2.38. The quantitative estimate of drug-likeness (QED) is 0.632. The van der Waals surface area contributed by atoms with Gasteiger partial charge in [0.1, 0.15) is 5.82 Å². The number of aromatic amines is 1. The number of nitrogens with zero attached hydrogens (tertiary/aromatic N) is 4. The number of aromatic nitrogens is 5. The summed E-state index contributed by atoms with van der Waals surface area (Å²) in [5.74, 6) is 0.706. The maximum absolute atomic E-state index is 13.5. The fraction of sp³-hybridized carbons (Fsp3) is 0.353. The first-order valence-electron chi connectivity index (χ1n) is 8.42. The Morgan fingerprint density at radius 2 is 2.00 bits per heavy atom. The summed E-state index contributed by atoms with van der Waals surface area (Å²) < 4.78 is 43.5. The molecule has 2 atom stereocenters. The van der Waals surface area contributed by atoms with E-state index >= 15 is 0 Å². The lowest BCUT2D eigenvalue weighted by Gasteiger charge is -2.32. The number of rotatable bonds is 2. The monoisotopic (exact) mass is 394 g/mol. The van der Waals surface area contributed by atoms with Gasteiger partial charge in [0.15, 0.2) is 16.6 Å². The van der Waals surface area contributed by atoms with E-state index in [2.05, 4.69) is 20.6 Å². The van der Waals surface area contributed by atoms with Gasteiger partial charge in [0.2, 0.25) is 0 Å². The molecular weight excluding hydrogens is 377 g/mol. The summed E-state index contributed by atoms with van der Waals surface area (Å²) >= 11 is 5.37. The van der Waals surface area contributed by atoms with E-state index in [1.54, 1.807) is 11.5 Å². The molecule has 0 amide bonds. The third kappa shape index (κ3) is 2.93. The molecule has 142 valence electrons. The predicted octanol–water partition coefficient (Wildman–Crippen LogP) is 4.41. The van der Waals surface area contributed by atoms with E-state index in [0.717, 1.165) is 15.9 Å². The van der Waals surface area contributed by atoms with Crippen molar-refractivity contribution in [2.45, 2.75) is 38.5 Å². The topological polar surface area (TPSA) is 63.5 Å². The third-order valence-corrected chi connectivity index (χ3v) is 4.97. The number of alkyl halides is 3. The number of fused-ring (bicyclic) bond motifs is 1. The number of hydrogen-bond acceptors (Lipinski definition) is 4. The Balaban J connectivity index is 1.90. The van der Waals surface area contributed by atoms with Gasteiger partial charge in [-0.2, -0.15) is 23.4 Å². The number of para-hydroxylation sites is 1. The van der Waals surface area contributed by atoms with Crippen LogP contribution in [0.4, 0.5) is 19.0 Å². The fourth-order valence-electron chi connectivity index (χ4n) is 3.42. The highest BCUT2D eigenvalue weighted by molar-refractivity contribution is 7.71. The maximum Gasteiger partial charge on any atom is 0.410 e. The zero-order valence-corrected chi connectivity index (χ0v) is 15.4. The van der Waals surface area contributed by atoms with Crippen LogP contribution in [0.1, 0.15) is 24.9 Å². The molecule has 6 nitrogen and oxygen atoms in total. The van der Waals surface area contributed by atoms with Crippen LogP contribution in [0.25, 0.3) is 17.1 Å². The molecule has 0 radical (unpaired) electrons. The number of benzene rings is 1. The lowest BCUT2D eigenvalue weighted by atomic mass is 10.0. The smallest absolute Gasteiger partial charge is 0.367 e. The van der Waals surface area contributed by atoms with Crippen LogP contribution in [0.15, 0.2) is 30.5 Å². The second-order valence-electron chi connectivity index (χ2n) is 6.66. The van der Waals surface area contributed by atoms with Crippen LogP contribution in [-0.4, -0.2) is 36.8 Å². The van der Waals surface area contributed by atoms with E-state index in [0.29, 0.717) is 22.0 Å². The second kappa shape index (κ2) is 6.22. The molecule has 10 heteroatoms. The van der Waals surface area contributed by atoms with Crippen molar-refractivity contribution in [3.05, 3.63) is 40.8 Å². The van der Waals surface area contributed by atoms with E-state index in [1.165, 1.54) is 6.20 Å². The minimum atomic E-state index is -4.38. The Morgan fingerprint density at radius 3 is 2.70 bits per heavy atom. The van der Waals surface area contributed by atoms with Crippen LogP contribution in [0, 0.1) is 11.7 Å². The van der Waals surface area contributed by atoms with Crippen LogP contribution in [0.2, 0.25) is 0 Å². The zero-order valence-electron chi connectivity index (χ0n) is 14.6. The second-order valence-corrected chi connectivity index (χ2v) is 7.05. The molecule has 2 aromatic heterocycles. The van der Waals surface area contributed by atoms with E-state index in [1.807, 2.05) is 31.2 Å². The van der Waals surface area contributed by atoms with Crippen molar-refractivity contribution in [3.63, 3.8) is 0 Å². The number of halogens is 3. The molecule has 0 saturated heterocycles. The highest BCUT2D eigenvalue weighted by atomic mass is 32.1. The van der Waals surface area contributed by atoms with Crippen molar-refractivity contribution in [1.82, 2.24) is 24.5 Å². The largest absolute Gasteiger partial charge is 0.410 e. The molecule has 2 N–H and O–H groups in total. The summed E-state index contributed by atoms with van der Waals surface area (Å²) in [7, 11) is 0. The Kier molecular flexibility index (Phi) is 4.10. The Bertz CT molecular complexity index is 1050. The number of nitrogens with one attached hydrogen (secondary N) is 2. The summed E-state index contributed by atoms with van der Waals surface area (Å²) in [6, 6.07) is 5.56. The highest BCUT2D eigenvalue weighted by Gasteiger charge is 2.46. The van der Waals surface area contributed by atoms with E-state index < -0.39 is 12.2 Å². The van der Waals surface area contributed by atoms with Crippen molar-refractivity contribution in [1.29, 1.82) is 0 Å². The van der Waals surface area contributed by atoms with Gasteiger partial charge in [-0.15, -0.1) is 0 Å². The number of hydrogen-bond donors (Lipinski definition) is 2. The number of anilines is 1. The molecule has 3 aromatic rings. The molecule has 1 aromatic carbocycles. The molecule has 3 heterocycles. The Hall–Kier alpha value is -2.62. The van der Waals surface area contributed by atoms with Gasteiger partial charge in [-0.3, -0.25) is 9.67 Å².